The Balaban J connectivity index is 2.06. The first-order valence-corrected chi connectivity index (χ1v) is 7.85. The molecular formula is C13H18ClF3N4O2. The number of carbonyl (C=O) groups is 1. The standard InChI is InChI=1S/C13H18ClF3N4O2/c1-19-11(13(15,16)17)18-21(12(19)23)9-4-7-20(8-5-9)10(22)3-2-6-14/h9H,2-8H2,1H3. The minimum absolute atomic E-state index is 0.0200. The molecule has 1 fully saturated rings. The fraction of sp³-hybridized carbons (Fsp3) is 0.769. The second-order valence-corrected chi connectivity index (χ2v) is 5.89. The summed E-state index contributed by atoms with van der Waals surface area (Å²) in [6.45, 7) is 0.798. The van der Waals surface area contributed by atoms with Gasteiger partial charge in [0.2, 0.25) is 11.7 Å². The summed E-state index contributed by atoms with van der Waals surface area (Å²) in [5.41, 5.74) is -0.788. The molecule has 0 bridgehead atoms. The van der Waals surface area contributed by atoms with Crippen molar-refractivity contribution in [2.75, 3.05) is 19.0 Å². The van der Waals surface area contributed by atoms with Gasteiger partial charge in [-0.2, -0.15) is 13.2 Å². The first kappa shape index (κ1) is 17.8. The molecule has 1 saturated heterocycles. The molecule has 10 heteroatoms. The maximum atomic E-state index is 12.8. The highest BCUT2D eigenvalue weighted by molar-refractivity contribution is 6.17. The molecule has 0 aromatic carbocycles. The lowest BCUT2D eigenvalue weighted by Crippen LogP contribution is -2.41. The number of carbonyl (C=O) groups excluding carboxylic acids is 1. The van der Waals surface area contributed by atoms with E-state index in [1.165, 1.54) is 0 Å². The van der Waals surface area contributed by atoms with Gasteiger partial charge in [-0.1, -0.05) is 0 Å². The van der Waals surface area contributed by atoms with E-state index >= 15 is 0 Å². The van der Waals surface area contributed by atoms with Crippen LogP contribution < -0.4 is 5.69 Å². The predicted octanol–water partition coefficient (Wildman–Crippen LogP) is 1.78. The van der Waals surface area contributed by atoms with E-state index in [4.69, 9.17) is 11.6 Å². The molecule has 0 radical (unpaired) electrons. The van der Waals surface area contributed by atoms with Crippen LogP contribution in [0.4, 0.5) is 13.2 Å². The minimum Gasteiger partial charge on any atom is -0.343 e. The van der Waals surface area contributed by atoms with Gasteiger partial charge in [-0.25, -0.2) is 9.48 Å². The van der Waals surface area contributed by atoms with E-state index in [2.05, 4.69) is 5.10 Å². The molecule has 2 heterocycles. The van der Waals surface area contributed by atoms with E-state index in [9.17, 15) is 22.8 Å². The minimum atomic E-state index is -4.67. The molecule has 1 aromatic rings. The molecule has 23 heavy (non-hydrogen) atoms. The molecule has 1 aromatic heterocycles. The summed E-state index contributed by atoms with van der Waals surface area (Å²) in [6.07, 6.45) is -2.91. The molecule has 1 aliphatic heterocycles. The molecule has 0 N–H and O–H groups in total. The van der Waals surface area contributed by atoms with Gasteiger partial charge in [0.25, 0.3) is 0 Å². The quantitative estimate of drug-likeness (QED) is 0.774. The van der Waals surface area contributed by atoms with Crippen molar-refractivity contribution in [1.82, 2.24) is 19.2 Å². The van der Waals surface area contributed by atoms with Crippen molar-refractivity contribution in [3.05, 3.63) is 16.3 Å². The van der Waals surface area contributed by atoms with Crippen LogP contribution >= 0.6 is 11.6 Å². The second kappa shape index (κ2) is 6.94. The summed E-state index contributed by atoms with van der Waals surface area (Å²) in [6, 6.07) is -0.429. The van der Waals surface area contributed by atoms with Gasteiger partial charge in [0, 0.05) is 32.4 Å². The SMILES string of the molecule is Cn1c(C(F)(F)F)nn(C2CCN(C(=O)CCCCl)CC2)c1=O. The van der Waals surface area contributed by atoms with Crippen LogP contribution in [0.15, 0.2) is 4.79 Å². The van der Waals surface area contributed by atoms with Crippen LogP contribution in [0.25, 0.3) is 0 Å². The van der Waals surface area contributed by atoms with E-state index < -0.39 is 23.7 Å². The van der Waals surface area contributed by atoms with Crippen molar-refractivity contribution in [1.29, 1.82) is 0 Å². The predicted molar refractivity (Wildman–Crippen MR) is 77.3 cm³/mol. The molecule has 0 spiro atoms. The lowest BCUT2D eigenvalue weighted by molar-refractivity contribution is -0.147. The third-order valence-electron chi connectivity index (χ3n) is 3.94. The van der Waals surface area contributed by atoms with E-state index in [1.54, 1.807) is 4.90 Å². The number of aromatic nitrogens is 3. The van der Waals surface area contributed by atoms with Gasteiger partial charge in [0.15, 0.2) is 0 Å². The number of rotatable bonds is 4. The topological polar surface area (TPSA) is 60.1 Å². The van der Waals surface area contributed by atoms with Crippen molar-refractivity contribution in [2.45, 2.75) is 37.9 Å². The van der Waals surface area contributed by atoms with Crippen LogP contribution in [0, 0.1) is 0 Å². The van der Waals surface area contributed by atoms with Crippen LogP contribution in [0.2, 0.25) is 0 Å². The molecule has 130 valence electrons. The zero-order chi connectivity index (χ0) is 17.2. The third-order valence-corrected chi connectivity index (χ3v) is 4.21. The number of likely N-dealkylation sites (tertiary alicyclic amines) is 1. The maximum absolute atomic E-state index is 12.8. The Morgan fingerprint density at radius 1 is 1.35 bits per heavy atom. The number of alkyl halides is 4. The van der Waals surface area contributed by atoms with Gasteiger partial charge in [0.05, 0.1) is 6.04 Å². The first-order chi connectivity index (χ1) is 10.8. The van der Waals surface area contributed by atoms with Crippen LogP contribution in [0.3, 0.4) is 0 Å². The zero-order valence-electron chi connectivity index (χ0n) is 12.6. The number of amides is 1. The van der Waals surface area contributed by atoms with E-state index in [0.717, 1.165) is 11.7 Å². The smallest absolute Gasteiger partial charge is 0.343 e. The fourth-order valence-electron chi connectivity index (χ4n) is 2.68. The molecule has 0 unspecified atom stereocenters. The summed E-state index contributed by atoms with van der Waals surface area (Å²) in [5.74, 6) is -0.817. The second-order valence-electron chi connectivity index (χ2n) is 5.51. The van der Waals surface area contributed by atoms with Gasteiger partial charge in [-0.05, 0) is 19.3 Å². The number of hydrogen-bond donors (Lipinski definition) is 0. The van der Waals surface area contributed by atoms with Crippen molar-refractivity contribution >= 4 is 17.5 Å². The molecule has 6 nitrogen and oxygen atoms in total. The largest absolute Gasteiger partial charge is 0.451 e. The first-order valence-electron chi connectivity index (χ1n) is 7.32. The Kier molecular flexibility index (Phi) is 5.38. The van der Waals surface area contributed by atoms with Gasteiger partial charge in [0.1, 0.15) is 0 Å². The number of hydrogen-bond acceptors (Lipinski definition) is 3. The molecule has 2 rings (SSSR count). The van der Waals surface area contributed by atoms with Crippen molar-refractivity contribution < 1.29 is 18.0 Å². The van der Waals surface area contributed by atoms with E-state index in [0.29, 0.717) is 49.2 Å². The third kappa shape index (κ3) is 3.88. The van der Waals surface area contributed by atoms with Gasteiger partial charge in [-0.15, -0.1) is 16.7 Å². The summed E-state index contributed by atoms with van der Waals surface area (Å²) < 4.78 is 39.8. The van der Waals surface area contributed by atoms with E-state index in [1.807, 2.05) is 0 Å². The number of nitrogens with zero attached hydrogens (tertiary/aromatic N) is 4. The molecule has 0 aliphatic carbocycles. The Morgan fingerprint density at radius 2 is 1.96 bits per heavy atom. The van der Waals surface area contributed by atoms with E-state index in [-0.39, 0.29) is 5.91 Å². The van der Waals surface area contributed by atoms with Crippen molar-refractivity contribution in [2.24, 2.45) is 7.05 Å². The zero-order valence-corrected chi connectivity index (χ0v) is 13.4. The summed E-state index contributed by atoms with van der Waals surface area (Å²) in [5, 5.41) is 3.44. The lowest BCUT2D eigenvalue weighted by atomic mass is 10.0. The molecule has 0 atom stereocenters. The molecule has 1 aliphatic rings. The average Bonchev–Trinajstić information content (AvgIpc) is 2.81. The number of piperidine rings is 1. The Morgan fingerprint density at radius 3 is 2.43 bits per heavy atom. The molecular weight excluding hydrogens is 337 g/mol. The van der Waals surface area contributed by atoms with Crippen molar-refractivity contribution in [3.63, 3.8) is 0 Å². The highest BCUT2D eigenvalue weighted by atomic mass is 35.5. The van der Waals surface area contributed by atoms with Crippen LogP contribution in [0.1, 0.15) is 37.5 Å². The average molecular weight is 355 g/mol. The molecule has 0 saturated carbocycles. The number of halogens is 4. The monoisotopic (exact) mass is 354 g/mol. The Bertz CT molecular complexity index is 618. The lowest BCUT2D eigenvalue weighted by Gasteiger charge is -2.31. The Labute approximate surface area is 135 Å². The summed E-state index contributed by atoms with van der Waals surface area (Å²) in [4.78, 5) is 25.5. The van der Waals surface area contributed by atoms with Gasteiger partial charge < -0.3 is 4.90 Å². The fourth-order valence-corrected chi connectivity index (χ4v) is 2.81. The van der Waals surface area contributed by atoms with Gasteiger partial charge in [-0.3, -0.25) is 9.36 Å². The van der Waals surface area contributed by atoms with Crippen LogP contribution in [-0.4, -0.2) is 44.1 Å². The highest BCUT2D eigenvalue weighted by Gasteiger charge is 2.39. The molecule has 1 amide bonds. The van der Waals surface area contributed by atoms with Crippen LogP contribution in [0.5, 0.6) is 0 Å². The summed E-state index contributed by atoms with van der Waals surface area (Å²) in [7, 11) is 1.06. The van der Waals surface area contributed by atoms with Crippen molar-refractivity contribution in [3.8, 4) is 0 Å². The summed E-state index contributed by atoms with van der Waals surface area (Å²) >= 11 is 5.55. The van der Waals surface area contributed by atoms with Crippen LogP contribution in [-0.2, 0) is 18.0 Å². The normalized spacial score (nSPS) is 16.8. The van der Waals surface area contributed by atoms with Gasteiger partial charge >= 0.3 is 11.9 Å². The highest BCUT2D eigenvalue weighted by Crippen LogP contribution is 2.28. The Hall–Kier alpha value is -1.51. The maximum Gasteiger partial charge on any atom is 0.451 e.